The van der Waals surface area contributed by atoms with Crippen LogP contribution >= 0.6 is 0 Å². The molecule has 6 nitrogen and oxygen atoms in total. The second kappa shape index (κ2) is 6.35. The minimum atomic E-state index is -0.237. The molecule has 0 unspecified atom stereocenters. The van der Waals surface area contributed by atoms with Gasteiger partial charge in [0.05, 0.1) is 0 Å². The number of nitrogens with zero attached hydrogens (tertiary/aromatic N) is 2. The van der Waals surface area contributed by atoms with Gasteiger partial charge in [0.1, 0.15) is 5.82 Å². The van der Waals surface area contributed by atoms with E-state index in [9.17, 15) is 4.79 Å². The number of hydrogen-bond acceptors (Lipinski definition) is 4. The van der Waals surface area contributed by atoms with E-state index in [1.807, 2.05) is 20.8 Å². The fraction of sp³-hybridized carbons (Fsp3) is 0.786. The summed E-state index contributed by atoms with van der Waals surface area (Å²) in [6.07, 6.45) is 3.42. The zero-order chi connectivity index (χ0) is 14.6. The quantitative estimate of drug-likeness (QED) is 0.744. The van der Waals surface area contributed by atoms with E-state index in [1.54, 1.807) is 0 Å². The first-order chi connectivity index (χ1) is 9.47. The van der Waals surface area contributed by atoms with E-state index < -0.39 is 0 Å². The van der Waals surface area contributed by atoms with Crippen LogP contribution in [-0.2, 0) is 10.2 Å². The molecule has 2 rings (SSSR count). The topological polar surface area (TPSA) is 79.9 Å². The van der Waals surface area contributed by atoms with Crippen LogP contribution in [-0.4, -0.2) is 40.8 Å². The predicted molar refractivity (Wildman–Crippen MR) is 75.6 cm³/mol. The molecule has 0 aliphatic heterocycles. The van der Waals surface area contributed by atoms with Crippen molar-refractivity contribution in [2.24, 2.45) is 5.92 Å². The van der Waals surface area contributed by atoms with Crippen LogP contribution in [0, 0.1) is 5.92 Å². The van der Waals surface area contributed by atoms with Gasteiger partial charge in [-0.3, -0.25) is 9.89 Å². The van der Waals surface area contributed by atoms with Crippen LogP contribution in [0.1, 0.15) is 56.5 Å². The number of carbonyl (C=O) groups excluding carboxylic acids is 1. The van der Waals surface area contributed by atoms with Gasteiger partial charge in [0.25, 0.3) is 5.91 Å². The zero-order valence-electron chi connectivity index (χ0n) is 12.5. The Labute approximate surface area is 119 Å². The van der Waals surface area contributed by atoms with E-state index in [0.29, 0.717) is 13.2 Å². The lowest BCUT2D eigenvalue weighted by Gasteiger charge is -2.12. The molecule has 1 amide bonds. The van der Waals surface area contributed by atoms with Gasteiger partial charge in [-0.1, -0.05) is 20.8 Å². The highest BCUT2D eigenvalue weighted by atomic mass is 16.5. The summed E-state index contributed by atoms with van der Waals surface area (Å²) in [5.74, 6) is 1.47. The van der Waals surface area contributed by atoms with Crippen LogP contribution in [0.25, 0.3) is 0 Å². The monoisotopic (exact) mass is 280 g/mol. The molecule has 1 saturated carbocycles. The number of hydrogen-bond donors (Lipinski definition) is 2. The normalized spacial score (nSPS) is 15.3. The summed E-state index contributed by atoms with van der Waals surface area (Å²) >= 11 is 0. The molecule has 0 spiro atoms. The largest absolute Gasteiger partial charge is 0.381 e. The van der Waals surface area contributed by atoms with Crippen molar-refractivity contribution < 1.29 is 9.53 Å². The third kappa shape index (κ3) is 4.59. The summed E-state index contributed by atoms with van der Waals surface area (Å²) < 4.78 is 5.51. The van der Waals surface area contributed by atoms with E-state index in [0.717, 1.165) is 24.8 Å². The lowest BCUT2D eigenvalue weighted by atomic mass is 9.96. The van der Waals surface area contributed by atoms with E-state index in [2.05, 4.69) is 20.5 Å². The standard InChI is InChI=1S/C14H24N4O2/c1-14(2,3)13-16-11(17-18-13)12(19)15-7-4-8-20-9-10-5-6-10/h10H,4-9H2,1-3H3,(H,15,19)(H,16,17,18). The Bertz CT molecular complexity index is 446. The van der Waals surface area contributed by atoms with Crippen molar-refractivity contribution in [1.29, 1.82) is 0 Å². The Morgan fingerprint density at radius 1 is 1.45 bits per heavy atom. The van der Waals surface area contributed by atoms with Crippen molar-refractivity contribution >= 4 is 5.91 Å². The molecule has 0 bridgehead atoms. The number of H-pyrrole nitrogens is 1. The number of aromatic nitrogens is 3. The summed E-state index contributed by atoms with van der Waals surface area (Å²) in [5.41, 5.74) is -0.137. The van der Waals surface area contributed by atoms with Gasteiger partial charge in [-0.15, -0.1) is 5.10 Å². The predicted octanol–water partition coefficient (Wildman–Crippen LogP) is 1.65. The lowest BCUT2D eigenvalue weighted by Crippen LogP contribution is -2.26. The summed E-state index contributed by atoms with van der Waals surface area (Å²) in [5, 5.41) is 9.56. The van der Waals surface area contributed by atoms with Gasteiger partial charge in [0, 0.05) is 25.2 Å². The molecular formula is C14H24N4O2. The van der Waals surface area contributed by atoms with E-state index in [1.165, 1.54) is 12.8 Å². The minimum Gasteiger partial charge on any atom is -0.381 e. The Kier molecular flexibility index (Phi) is 4.75. The molecule has 0 radical (unpaired) electrons. The Hall–Kier alpha value is -1.43. The molecule has 1 aliphatic carbocycles. The van der Waals surface area contributed by atoms with Gasteiger partial charge in [-0.05, 0) is 25.2 Å². The third-order valence-electron chi connectivity index (χ3n) is 3.20. The van der Waals surface area contributed by atoms with Crippen molar-refractivity contribution in [2.45, 2.75) is 45.4 Å². The van der Waals surface area contributed by atoms with E-state index in [-0.39, 0.29) is 17.1 Å². The van der Waals surface area contributed by atoms with Crippen molar-refractivity contribution in [3.63, 3.8) is 0 Å². The number of aromatic amines is 1. The number of amides is 1. The molecule has 0 atom stereocenters. The Balaban J connectivity index is 1.64. The van der Waals surface area contributed by atoms with Gasteiger partial charge >= 0.3 is 0 Å². The van der Waals surface area contributed by atoms with Crippen LogP contribution in [0.5, 0.6) is 0 Å². The number of carbonyl (C=O) groups is 1. The average Bonchev–Trinajstić information content (AvgIpc) is 3.04. The molecular weight excluding hydrogens is 256 g/mol. The summed E-state index contributed by atoms with van der Waals surface area (Å²) in [6.45, 7) is 8.20. The first-order valence-electron chi connectivity index (χ1n) is 7.25. The smallest absolute Gasteiger partial charge is 0.290 e. The van der Waals surface area contributed by atoms with Gasteiger partial charge < -0.3 is 10.1 Å². The van der Waals surface area contributed by atoms with Crippen LogP contribution in [0.15, 0.2) is 0 Å². The summed E-state index contributed by atoms with van der Waals surface area (Å²) in [4.78, 5) is 16.1. The van der Waals surface area contributed by atoms with Crippen molar-refractivity contribution in [3.05, 3.63) is 11.6 Å². The molecule has 0 aromatic carbocycles. The first kappa shape index (κ1) is 15.0. The van der Waals surface area contributed by atoms with E-state index in [4.69, 9.17) is 4.74 Å². The molecule has 2 N–H and O–H groups in total. The van der Waals surface area contributed by atoms with Crippen molar-refractivity contribution in [3.8, 4) is 0 Å². The van der Waals surface area contributed by atoms with Crippen LogP contribution in [0.3, 0.4) is 0 Å². The van der Waals surface area contributed by atoms with Crippen molar-refractivity contribution in [1.82, 2.24) is 20.5 Å². The minimum absolute atomic E-state index is 0.137. The highest BCUT2D eigenvalue weighted by Crippen LogP contribution is 2.28. The van der Waals surface area contributed by atoms with Crippen molar-refractivity contribution in [2.75, 3.05) is 19.8 Å². The SMILES string of the molecule is CC(C)(C)c1nc(C(=O)NCCCOCC2CC2)n[nH]1. The highest BCUT2D eigenvalue weighted by Gasteiger charge is 2.21. The first-order valence-corrected chi connectivity index (χ1v) is 7.25. The van der Waals surface area contributed by atoms with Crippen LogP contribution in [0.2, 0.25) is 0 Å². The molecule has 6 heteroatoms. The van der Waals surface area contributed by atoms with Gasteiger partial charge in [0.15, 0.2) is 0 Å². The molecule has 1 aliphatic rings. The summed E-state index contributed by atoms with van der Waals surface area (Å²) in [7, 11) is 0. The average molecular weight is 280 g/mol. The molecule has 112 valence electrons. The number of ether oxygens (including phenoxy) is 1. The zero-order valence-corrected chi connectivity index (χ0v) is 12.5. The van der Waals surface area contributed by atoms with Gasteiger partial charge in [0.2, 0.25) is 5.82 Å². The van der Waals surface area contributed by atoms with Crippen LogP contribution < -0.4 is 5.32 Å². The fourth-order valence-corrected chi connectivity index (χ4v) is 1.69. The fourth-order valence-electron chi connectivity index (χ4n) is 1.69. The Morgan fingerprint density at radius 2 is 2.20 bits per heavy atom. The molecule has 1 heterocycles. The van der Waals surface area contributed by atoms with Gasteiger partial charge in [-0.2, -0.15) is 0 Å². The molecule has 1 aromatic heterocycles. The molecule has 20 heavy (non-hydrogen) atoms. The second-order valence-electron chi connectivity index (χ2n) is 6.39. The van der Waals surface area contributed by atoms with Crippen LogP contribution in [0.4, 0.5) is 0 Å². The second-order valence-corrected chi connectivity index (χ2v) is 6.39. The Morgan fingerprint density at radius 3 is 2.80 bits per heavy atom. The maximum absolute atomic E-state index is 11.8. The number of nitrogens with one attached hydrogen (secondary N) is 2. The highest BCUT2D eigenvalue weighted by molar-refractivity contribution is 5.90. The molecule has 0 saturated heterocycles. The molecule has 1 fully saturated rings. The number of rotatable bonds is 7. The maximum Gasteiger partial charge on any atom is 0.290 e. The van der Waals surface area contributed by atoms with Gasteiger partial charge in [-0.25, -0.2) is 4.98 Å². The summed E-state index contributed by atoms with van der Waals surface area (Å²) in [6, 6.07) is 0. The maximum atomic E-state index is 11.8. The molecule has 1 aromatic rings. The third-order valence-corrected chi connectivity index (χ3v) is 3.20. The lowest BCUT2D eigenvalue weighted by molar-refractivity contribution is 0.0927. The van der Waals surface area contributed by atoms with E-state index >= 15 is 0 Å².